The first-order valence-electron chi connectivity index (χ1n) is 8.95. The first-order chi connectivity index (χ1) is 12.1. The Morgan fingerprint density at radius 2 is 1.85 bits per heavy atom. The minimum absolute atomic E-state index is 0.0629. The number of rotatable bonds is 3. The van der Waals surface area contributed by atoms with Gasteiger partial charge in [-0.2, -0.15) is 18.3 Å². The van der Waals surface area contributed by atoms with Crippen LogP contribution in [-0.2, 0) is 11.3 Å². The smallest absolute Gasteiger partial charge is 0.307 e. The lowest BCUT2D eigenvalue weighted by Crippen LogP contribution is -2.49. The van der Waals surface area contributed by atoms with Gasteiger partial charge in [-0.05, 0) is 54.5 Å². The molecule has 1 N–H and O–H groups in total. The molecule has 1 saturated heterocycles. The van der Waals surface area contributed by atoms with Gasteiger partial charge in [0, 0.05) is 18.3 Å². The highest BCUT2D eigenvalue weighted by Crippen LogP contribution is 2.40. The Bertz CT molecular complexity index is 688. The predicted molar refractivity (Wildman–Crippen MR) is 102 cm³/mol. The fraction of sp³-hybridized carbons (Fsp3) is 0.778. The summed E-state index contributed by atoms with van der Waals surface area (Å²) in [6, 6.07) is -0.353. The lowest BCUT2D eigenvalue weighted by atomic mass is 9.79. The fourth-order valence-electron chi connectivity index (χ4n) is 3.40. The van der Waals surface area contributed by atoms with Crippen molar-refractivity contribution in [2.45, 2.75) is 72.3 Å². The molecule has 1 amide bonds. The van der Waals surface area contributed by atoms with Gasteiger partial charge >= 0.3 is 6.18 Å². The van der Waals surface area contributed by atoms with Crippen molar-refractivity contribution >= 4 is 27.7 Å². The molecule has 2 atom stereocenters. The summed E-state index contributed by atoms with van der Waals surface area (Å²) in [5, 5.41) is 6.57. The third-order valence-electron chi connectivity index (χ3n) is 4.99. The van der Waals surface area contributed by atoms with Gasteiger partial charge in [0.2, 0.25) is 5.91 Å². The predicted octanol–water partition coefficient (Wildman–Crippen LogP) is 4.68. The summed E-state index contributed by atoms with van der Waals surface area (Å²) in [5.41, 5.74) is -0.137. The largest absolute Gasteiger partial charge is 0.408 e. The minimum atomic E-state index is -4.37. The van der Waals surface area contributed by atoms with Gasteiger partial charge in [-0.1, -0.05) is 20.8 Å². The topological polar surface area (TPSA) is 50.2 Å². The van der Waals surface area contributed by atoms with E-state index in [9.17, 15) is 18.0 Å². The maximum atomic E-state index is 12.9. The molecule has 0 saturated carbocycles. The number of carbonyl (C=O) groups is 1. The zero-order valence-electron chi connectivity index (χ0n) is 16.6. The van der Waals surface area contributed by atoms with Crippen molar-refractivity contribution in [1.29, 1.82) is 0 Å². The zero-order valence-corrected chi connectivity index (χ0v) is 18.2. The highest BCUT2D eigenvalue weighted by atomic mass is 79.9. The number of alkyl halides is 3. The number of amides is 1. The lowest BCUT2D eigenvalue weighted by Gasteiger charge is -2.36. The highest BCUT2D eigenvalue weighted by molar-refractivity contribution is 9.10. The molecular weight excluding hydrogens is 425 g/mol. The van der Waals surface area contributed by atoms with E-state index in [1.807, 2.05) is 0 Å². The van der Waals surface area contributed by atoms with E-state index in [1.165, 1.54) is 6.20 Å². The number of carbonyl (C=O) groups excluding carboxylic acids is 1. The third-order valence-corrected chi connectivity index (χ3v) is 5.57. The van der Waals surface area contributed by atoms with Gasteiger partial charge in [-0.25, -0.2) is 0 Å². The van der Waals surface area contributed by atoms with Gasteiger partial charge in [0.15, 0.2) is 5.82 Å². The molecule has 5 nitrogen and oxygen atoms in total. The average Bonchev–Trinajstić information content (AvgIpc) is 3.00. The fourth-order valence-corrected chi connectivity index (χ4v) is 3.81. The number of anilines is 1. The van der Waals surface area contributed by atoms with Gasteiger partial charge < -0.3 is 5.32 Å². The standard InChI is InChI=1S/C18H28BrF3N4O/c1-16(2,3)11-7-13(26(8-11)17(4,5)6)15(27)23-14-12(19)9-25(24-14)10-18(20,21)22/h9,11,13H,7-8,10H2,1-6H3,(H,23,24,27)/t11?,13-/m0/s1. The first-order valence-corrected chi connectivity index (χ1v) is 9.74. The maximum absolute atomic E-state index is 12.9. The first kappa shape index (κ1) is 22.2. The van der Waals surface area contributed by atoms with E-state index in [0.29, 0.717) is 16.8 Å². The molecule has 1 aliphatic rings. The minimum Gasteiger partial charge on any atom is -0.307 e. The van der Waals surface area contributed by atoms with Crippen molar-refractivity contribution in [1.82, 2.24) is 14.7 Å². The summed E-state index contributed by atoms with van der Waals surface area (Å²) in [4.78, 5) is 15.1. The van der Waals surface area contributed by atoms with Crippen molar-refractivity contribution in [3.63, 3.8) is 0 Å². The molecule has 1 aromatic rings. The van der Waals surface area contributed by atoms with Crippen LogP contribution in [0.1, 0.15) is 48.0 Å². The van der Waals surface area contributed by atoms with E-state index in [1.54, 1.807) is 0 Å². The van der Waals surface area contributed by atoms with Crippen molar-refractivity contribution in [2.75, 3.05) is 11.9 Å². The summed E-state index contributed by atoms with van der Waals surface area (Å²) in [6.45, 7) is 12.3. The maximum Gasteiger partial charge on any atom is 0.408 e. The molecule has 2 rings (SSSR count). The summed E-state index contributed by atoms with van der Waals surface area (Å²) in [7, 11) is 0. The SMILES string of the molecule is CC(C)(C)C1C[C@@H](C(=O)Nc2nn(CC(F)(F)F)cc2Br)N(C(C)(C)C)C1. The summed E-state index contributed by atoms with van der Waals surface area (Å²) in [5.74, 6) is 0.214. The molecule has 2 heterocycles. The van der Waals surface area contributed by atoms with Crippen LogP contribution < -0.4 is 5.32 Å². The summed E-state index contributed by atoms with van der Waals surface area (Å²) in [6.07, 6.45) is -2.45. The van der Waals surface area contributed by atoms with E-state index >= 15 is 0 Å². The quantitative estimate of drug-likeness (QED) is 0.723. The van der Waals surface area contributed by atoms with Crippen LogP contribution in [0.2, 0.25) is 0 Å². The van der Waals surface area contributed by atoms with Gasteiger partial charge in [-0.15, -0.1) is 0 Å². The van der Waals surface area contributed by atoms with Crippen molar-refractivity contribution in [3.8, 4) is 0 Å². The molecule has 0 radical (unpaired) electrons. The molecule has 0 spiro atoms. The molecule has 0 aliphatic carbocycles. The van der Waals surface area contributed by atoms with Crippen LogP contribution in [0, 0.1) is 11.3 Å². The Kier molecular flexibility index (Phi) is 6.07. The Hall–Kier alpha value is -1.09. The van der Waals surface area contributed by atoms with Gasteiger partial charge in [0.1, 0.15) is 6.54 Å². The second kappa shape index (κ2) is 7.39. The van der Waals surface area contributed by atoms with Gasteiger partial charge in [-0.3, -0.25) is 14.4 Å². The number of likely N-dealkylation sites (tertiary alicyclic amines) is 1. The number of hydrogen-bond donors (Lipinski definition) is 1. The molecule has 1 unspecified atom stereocenters. The zero-order chi connectivity index (χ0) is 20.8. The molecule has 1 fully saturated rings. The van der Waals surface area contributed by atoms with Crippen molar-refractivity contribution in [2.24, 2.45) is 11.3 Å². The van der Waals surface area contributed by atoms with Crippen molar-refractivity contribution in [3.05, 3.63) is 10.7 Å². The normalized spacial score (nSPS) is 22.3. The Morgan fingerprint density at radius 3 is 2.33 bits per heavy atom. The van der Waals surface area contributed by atoms with Crippen LogP contribution in [0.3, 0.4) is 0 Å². The lowest BCUT2D eigenvalue weighted by molar-refractivity contribution is -0.142. The second-order valence-corrected chi connectivity index (χ2v) is 10.1. The molecule has 154 valence electrons. The van der Waals surface area contributed by atoms with Crippen LogP contribution >= 0.6 is 15.9 Å². The van der Waals surface area contributed by atoms with E-state index in [2.05, 4.69) is 72.8 Å². The number of hydrogen-bond acceptors (Lipinski definition) is 3. The monoisotopic (exact) mass is 452 g/mol. The molecule has 0 aromatic carbocycles. The molecule has 1 aromatic heterocycles. The van der Waals surface area contributed by atoms with Crippen LogP contribution in [-0.4, -0.2) is 44.9 Å². The molecule has 9 heteroatoms. The Labute approximate surface area is 166 Å². The molecule has 1 aliphatic heterocycles. The Morgan fingerprint density at radius 1 is 1.26 bits per heavy atom. The van der Waals surface area contributed by atoms with Crippen LogP contribution in [0.25, 0.3) is 0 Å². The third kappa shape index (κ3) is 5.70. The van der Waals surface area contributed by atoms with Crippen LogP contribution in [0.5, 0.6) is 0 Å². The number of nitrogens with one attached hydrogen (secondary N) is 1. The molecule has 0 bridgehead atoms. The van der Waals surface area contributed by atoms with E-state index in [0.717, 1.165) is 11.2 Å². The number of halogens is 4. The molecule has 27 heavy (non-hydrogen) atoms. The van der Waals surface area contributed by atoms with Gasteiger partial charge in [0.05, 0.1) is 10.5 Å². The number of aromatic nitrogens is 2. The highest BCUT2D eigenvalue weighted by Gasteiger charge is 2.45. The second-order valence-electron chi connectivity index (χ2n) is 9.27. The van der Waals surface area contributed by atoms with Crippen molar-refractivity contribution < 1.29 is 18.0 Å². The summed E-state index contributed by atoms with van der Waals surface area (Å²) < 4.78 is 38.8. The van der Waals surface area contributed by atoms with E-state index < -0.39 is 12.7 Å². The van der Waals surface area contributed by atoms with Crippen LogP contribution in [0.4, 0.5) is 19.0 Å². The van der Waals surface area contributed by atoms with E-state index in [4.69, 9.17) is 0 Å². The number of nitrogens with zero attached hydrogens (tertiary/aromatic N) is 3. The summed E-state index contributed by atoms with van der Waals surface area (Å²) >= 11 is 3.18. The Balaban J connectivity index is 2.18. The van der Waals surface area contributed by atoms with E-state index in [-0.39, 0.29) is 28.7 Å². The van der Waals surface area contributed by atoms with Crippen LogP contribution in [0.15, 0.2) is 10.7 Å². The molecular formula is C18H28BrF3N4O. The average molecular weight is 453 g/mol. The van der Waals surface area contributed by atoms with Gasteiger partial charge in [0.25, 0.3) is 0 Å².